The molecule has 6 heteroatoms. The second-order valence-corrected chi connectivity index (χ2v) is 6.18. The summed E-state index contributed by atoms with van der Waals surface area (Å²) in [5.41, 5.74) is 1.20. The lowest BCUT2D eigenvalue weighted by Crippen LogP contribution is -2.24. The molecule has 1 aliphatic heterocycles. The number of likely N-dealkylation sites (tertiary alicyclic amines) is 1. The Balaban J connectivity index is 1.85. The quantitative estimate of drug-likeness (QED) is 0.839. The lowest BCUT2D eigenvalue weighted by molar-refractivity contribution is 0.234. The fourth-order valence-corrected chi connectivity index (χ4v) is 3.36. The zero-order valence-electron chi connectivity index (χ0n) is 13.8. The normalized spacial score (nSPS) is 18.3. The van der Waals surface area contributed by atoms with E-state index in [1.807, 2.05) is 23.7 Å². The number of aromatic nitrogens is 2. The molecule has 5 nitrogen and oxygen atoms in total. The van der Waals surface area contributed by atoms with Crippen molar-refractivity contribution in [1.82, 2.24) is 14.5 Å². The van der Waals surface area contributed by atoms with Crippen molar-refractivity contribution in [2.75, 3.05) is 20.8 Å². The van der Waals surface area contributed by atoms with Crippen LogP contribution in [0.15, 0.2) is 24.4 Å². The first-order valence-corrected chi connectivity index (χ1v) is 8.14. The summed E-state index contributed by atoms with van der Waals surface area (Å²) in [6, 6.07) is 6.37. The third-order valence-corrected chi connectivity index (χ3v) is 4.89. The van der Waals surface area contributed by atoms with Crippen LogP contribution in [0.5, 0.6) is 11.5 Å². The van der Waals surface area contributed by atoms with Crippen molar-refractivity contribution in [2.45, 2.75) is 25.4 Å². The molecule has 0 N–H and O–H groups in total. The molecule has 0 saturated carbocycles. The van der Waals surface area contributed by atoms with Crippen LogP contribution in [0, 0.1) is 0 Å². The van der Waals surface area contributed by atoms with Crippen molar-refractivity contribution >= 4 is 11.6 Å². The first-order chi connectivity index (χ1) is 11.1. The van der Waals surface area contributed by atoms with E-state index in [1.165, 1.54) is 5.56 Å². The summed E-state index contributed by atoms with van der Waals surface area (Å²) in [6.07, 6.45) is 3.98. The summed E-state index contributed by atoms with van der Waals surface area (Å²) < 4.78 is 12.8. The molecule has 0 amide bonds. The summed E-state index contributed by atoms with van der Waals surface area (Å²) in [6.45, 7) is 1.83. The molecule has 23 heavy (non-hydrogen) atoms. The number of hydrogen-bond acceptors (Lipinski definition) is 4. The van der Waals surface area contributed by atoms with Gasteiger partial charge in [-0.2, -0.15) is 0 Å². The minimum absolute atomic E-state index is 0.325. The van der Waals surface area contributed by atoms with Crippen LogP contribution >= 0.6 is 11.6 Å². The number of ether oxygens (including phenoxy) is 2. The predicted molar refractivity (Wildman–Crippen MR) is 90.1 cm³/mol. The maximum Gasteiger partial charge on any atom is 0.128 e. The summed E-state index contributed by atoms with van der Waals surface area (Å²) >= 11 is 6.10. The van der Waals surface area contributed by atoms with Gasteiger partial charge < -0.3 is 14.0 Å². The Morgan fingerprint density at radius 2 is 2.13 bits per heavy atom. The Kier molecular flexibility index (Phi) is 4.78. The molecule has 3 rings (SSSR count). The number of imidazole rings is 1. The van der Waals surface area contributed by atoms with Crippen molar-refractivity contribution < 1.29 is 9.47 Å². The first-order valence-electron chi connectivity index (χ1n) is 7.76. The summed E-state index contributed by atoms with van der Waals surface area (Å²) in [5.74, 6) is 2.67. The van der Waals surface area contributed by atoms with Crippen LogP contribution in [0.3, 0.4) is 0 Å². The molecular weight excluding hydrogens is 314 g/mol. The van der Waals surface area contributed by atoms with Crippen molar-refractivity contribution in [1.29, 1.82) is 0 Å². The van der Waals surface area contributed by atoms with E-state index in [2.05, 4.69) is 16.0 Å². The van der Waals surface area contributed by atoms with Crippen molar-refractivity contribution in [2.24, 2.45) is 7.05 Å². The third kappa shape index (κ3) is 3.16. The fourth-order valence-electron chi connectivity index (χ4n) is 3.21. The Labute approximate surface area is 141 Å². The standard InChI is InChI=1S/C17H22ClN3O2/c1-20-16(18)10-19-17(20)11-21-8-4-5-14(21)13-7-6-12(22-2)9-15(13)23-3/h6-7,9-10,14H,4-5,8,11H2,1-3H3. The number of methoxy groups -OCH3 is 2. The average molecular weight is 336 g/mol. The molecular formula is C17H22ClN3O2. The van der Waals surface area contributed by atoms with Crippen LogP contribution in [0.4, 0.5) is 0 Å². The van der Waals surface area contributed by atoms with Crippen molar-refractivity contribution in [3.63, 3.8) is 0 Å². The highest BCUT2D eigenvalue weighted by atomic mass is 35.5. The van der Waals surface area contributed by atoms with E-state index in [4.69, 9.17) is 21.1 Å². The minimum Gasteiger partial charge on any atom is -0.497 e. The molecule has 1 aromatic carbocycles. The van der Waals surface area contributed by atoms with Crippen LogP contribution in [0.25, 0.3) is 0 Å². The Morgan fingerprint density at radius 1 is 1.30 bits per heavy atom. The molecule has 124 valence electrons. The molecule has 1 unspecified atom stereocenters. The number of halogens is 1. The maximum atomic E-state index is 6.10. The molecule has 0 aliphatic carbocycles. The highest BCUT2D eigenvalue weighted by Gasteiger charge is 2.29. The van der Waals surface area contributed by atoms with Gasteiger partial charge in [0.2, 0.25) is 0 Å². The number of benzene rings is 1. The maximum absolute atomic E-state index is 6.10. The fraction of sp³-hybridized carbons (Fsp3) is 0.471. The number of nitrogens with zero attached hydrogens (tertiary/aromatic N) is 3. The monoisotopic (exact) mass is 335 g/mol. The van der Waals surface area contributed by atoms with E-state index in [0.29, 0.717) is 11.2 Å². The van der Waals surface area contributed by atoms with Gasteiger partial charge in [0.15, 0.2) is 0 Å². The van der Waals surface area contributed by atoms with Gasteiger partial charge in [0.05, 0.1) is 27.0 Å². The average Bonchev–Trinajstić information content (AvgIpc) is 3.16. The zero-order chi connectivity index (χ0) is 16.4. The molecule has 1 saturated heterocycles. The van der Waals surface area contributed by atoms with Crippen molar-refractivity contribution in [3.8, 4) is 11.5 Å². The molecule has 0 bridgehead atoms. The molecule has 1 atom stereocenters. The summed E-state index contributed by atoms with van der Waals surface area (Å²) in [7, 11) is 5.32. The number of hydrogen-bond donors (Lipinski definition) is 0. The van der Waals surface area contributed by atoms with Gasteiger partial charge in [-0.1, -0.05) is 17.7 Å². The SMILES string of the molecule is COc1ccc(C2CCCN2Cc2ncc(Cl)n2C)c(OC)c1. The lowest BCUT2D eigenvalue weighted by Gasteiger charge is -2.26. The minimum atomic E-state index is 0.325. The van der Waals surface area contributed by atoms with Gasteiger partial charge >= 0.3 is 0 Å². The molecule has 1 fully saturated rings. The van der Waals surface area contributed by atoms with Gasteiger partial charge in [-0.25, -0.2) is 4.98 Å². The smallest absolute Gasteiger partial charge is 0.128 e. The number of rotatable bonds is 5. The molecule has 0 spiro atoms. The predicted octanol–water partition coefficient (Wildman–Crippen LogP) is 3.43. The molecule has 1 aliphatic rings. The summed E-state index contributed by atoms with van der Waals surface area (Å²) in [4.78, 5) is 6.85. The van der Waals surface area contributed by atoms with E-state index in [9.17, 15) is 0 Å². The zero-order valence-corrected chi connectivity index (χ0v) is 14.5. The van der Waals surface area contributed by atoms with E-state index in [-0.39, 0.29) is 0 Å². The van der Waals surface area contributed by atoms with E-state index >= 15 is 0 Å². The first kappa shape index (κ1) is 16.1. The van der Waals surface area contributed by atoms with Gasteiger partial charge in [0, 0.05) is 24.7 Å². The van der Waals surface area contributed by atoms with Crippen LogP contribution in [0.2, 0.25) is 5.15 Å². The summed E-state index contributed by atoms with van der Waals surface area (Å²) in [5, 5.41) is 0.665. The van der Waals surface area contributed by atoms with Crippen LogP contribution in [-0.2, 0) is 13.6 Å². The molecule has 1 aromatic heterocycles. The molecule has 2 aromatic rings. The van der Waals surface area contributed by atoms with Crippen molar-refractivity contribution in [3.05, 3.63) is 40.9 Å². The van der Waals surface area contributed by atoms with E-state index < -0.39 is 0 Å². The van der Waals surface area contributed by atoms with Gasteiger partial charge in [-0.05, 0) is 25.5 Å². The highest BCUT2D eigenvalue weighted by molar-refractivity contribution is 6.29. The Bertz CT molecular complexity index is 686. The van der Waals surface area contributed by atoms with Crippen LogP contribution in [-0.4, -0.2) is 35.2 Å². The highest BCUT2D eigenvalue weighted by Crippen LogP contribution is 2.39. The van der Waals surface area contributed by atoms with Crippen LogP contribution < -0.4 is 9.47 Å². The second kappa shape index (κ2) is 6.81. The van der Waals surface area contributed by atoms with Gasteiger partial charge in [0.1, 0.15) is 22.5 Å². The van der Waals surface area contributed by atoms with Gasteiger partial charge in [-0.3, -0.25) is 4.90 Å². The van der Waals surface area contributed by atoms with E-state index in [1.54, 1.807) is 20.4 Å². The second-order valence-electron chi connectivity index (χ2n) is 5.79. The topological polar surface area (TPSA) is 39.5 Å². The Hall–Kier alpha value is -1.72. The van der Waals surface area contributed by atoms with Gasteiger partial charge in [-0.15, -0.1) is 0 Å². The Morgan fingerprint density at radius 3 is 2.78 bits per heavy atom. The third-order valence-electron chi connectivity index (χ3n) is 4.54. The largest absolute Gasteiger partial charge is 0.497 e. The van der Waals surface area contributed by atoms with E-state index in [0.717, 1.165) is 43.3 Å². The lowest BCUT2D eigenvalue weighted by atomic mass is 10.0. The van der Waals surface area contributed by atoms with Crippen LogP contribution in [0.1, 0.15) is 30.3 Å². The van der Waals surface area contributed by atoms with Gasteiger partial charge in [0.25, 0.3) is 0 Å². The molecule has 0 radical (unpaired) electrons. The molecule has 2 heterocycles.